The molecule has 1 aliphatic rings. The van der Waals surface area contributed by atoms with E-state index in [4.69, 9.17) is 0 Å². The van der Waals surface area contributed by atoms with Gasteiger partial charge in [0.1, 0.15) is 7.82 Å². The molecule has 0 unspecified atom stereocenters. The summed E-state index contributed by atoms with van der Waals surface area (Å²) in [6, 6.07) is 6.79. The molecular formula is C8H5NNa2O4P. The molecule has 8 heteroatoms. The molecule has 1 radical (unpaired) electrons. The van der Waals surface area contributed by atoms with Crippen LogP contribution in [-0.2, 0) is 9.09 Å². The Kier molecular flexibility index (Phi) is 6.88. The van der Waals surface area contributed by atoms with E-state index in [1.165, 1.54) is 6.20 Å². The molecule has 0 aromatic heterocycles. The number of benzene rings is 1. The third-order valence-corrected chi connectivity index (χ3v) is 2.12. The Balaban J connectivity index is 0.00000112. The Morgan fingerprint density at radius 1 is 1.19 bits per heavy atom. The summed E-state index contributed by atoms with van der Waals surface area (Å²) >= 11 is 0. The second-order valence-electron chi connectivity index (χ2n) is 2.68. The van der Waals surface area contributed by atoms with Gasteiger partial charge < -0.3 is 18.9 Å². The van der Waals surface area contributed by atoms with E-state index in [1.807, 2.05) is 0 Å². The van der Waals surface area contributed by atoms with Gasteiger partial charge >= 0.3 is 59.1 Å². The average molecular weight is 256 g/mol. The maximum absolute atomic E-state index is 10.4. The minimum absolute atomic E-state index is 0. The van der Waals surface area contributed by atoms with Gasteiger partial charge in [0.05, 0.1) is 11.9 Å². The Labute approximate surface area is 137 Å². The fourth-order valence-corrected chi connectivity index (χ4v) is 1.57. The number of phosphoric ester groups is 1. The van der Waals surface area contributed by atoms with Gasteiger partial charge in [-0.15, -0.1) is 0 Å². The van der Waals surface area contributed by atoms with Crippen molar-refractivity contribution in [3.05, 3.63) is 36.0 Å². The van der Waals surface area contributed by atoms with E-state index in [-0.39, 0.29) is 64.9 Å². The largest absolute Gasteiger partial charge is 1.00 e. The van der Waals surface area contributed by atoms with Crippen LogP contribution in [0.4, 0.5) is 5.69 Å². The van der Waals surface area contributed by atoms with Crippen LogP contribution in [0.25, 0.3) is 5.76 Å². The molecule has 1 aromatic rings. The maximum atomic E-state index is 10.4. The molecule has 0 saturated carbocycles. The number of para-hydroxylation sites is 1. The van der Waals surface area contributed by atoms with Gasteiger partial charge in [0, 0.05) is 5.56 Å². The first kappa shape index (κ1) is 16.7. The summed E-state index contributed by atoms with van der Waals surface area (Å²) in [6.45, 7) is 0. The van der Waals surface area contributed by atoms with Crippen molar-refractivity contribution in [3.8, 4) is 0 Å². The van der Waals surface area contributed by atoms with Gasteiger partial charge in [-0.25, -0.2) is 0 Å². The van der Waals surface area contributed by atoms with E-state index in [0.29, 0.717) is 11.3 Å². The smallest absolute Gasteiger partial charge is 0.780 e. The first-order valence-corrected chi connectivity index (χ1v) is 5.24. The Morgan fingerprint density at radius 3 is 2.44 bits per heavy atom. The third kappa shape index (κ3) is 4.18. The zero-order valence-electron chi connectivity index (χ0n) is 8.91. The van der Waals surface area contributed by atoms with Crippen molar-refractivity contribution in [2.45, 2.75) is 0 Å². The van der Waals surface area contributed by atoms with Gasteiger partial charge in [0.2, 0.25) is 0 Å². The summed E-state index contributed by atoms with van der Waals surface area (Å²) in [4.78, 5) is 20.7. The molecule has 0 N–H and O–H groups in total. The van der Waals surface area contributed by atoms with Gasteiger partial charge in [-0.05, 0) is 12.1 Å². The van der Waals surface area contributed by atoms with Crippen molar-refractivity contribution in [1.29, 1.82) is 0 Å². The summed E-state index contributed by atoms with van der Waals surface area (Å²) in [7, 11) is -5.00. The summed E-state index contributed by atoms with van der Waals surface area (Å²) < 4.78 is 14.6. The average Bonchev–Trinajstić information content (AvgIpc) is 2.47. The summed E-state index contributed by atoms with van der Waals surface area (Å²) in [5, 5.41) is 3.88. The Hall–Kier alpha value is 0.710. The standard InChI is InChI=1S/C8H7NO4P.2Na/c10-14(11,12)13-8-5-9-7-4-2-1-3-6(7)8;;/h1-5H,(H2,10,11,12);;/q;2*+1/p-2. The molecule has 1 heterocycles. The number of hydrogen-bond donors (Lipinski definition) is 0. The normalized spacial score (nSPS) is 12.5. The van der Waals surface area contributed by atoms with Crippen molar-refractivity contribution in [2.24, 2.45) is 0 Å². The molecule has 0 saturated heterocycles. The molecule has 0 fully saturated rings. The molecule has 0 aliphatic carbocycles. The van der Waals surface area contributed by atoms with Crippen molar-refractivity contribution in [2.75, 3.05) is 0 Å². The van der Waals surface area contributed by atoms with Crippen molar-refractivity contribution in [1.82, 2.24) is 5.32 Å². The molecule has 16 heavy (non-hydrogen) atoms. The topological polar surface area (TPSA) is 86.5 Å². The quantitative estimate of drug-likeness (QED) is 0.389. The molecule has 0 bridgehead atoms. The van der Waals surface area contributed by atoms with E-state index >= 15 is 0 Å². The summed E-state index contributed by atoms with van der Waals surface area (Å²) in [5.41, 5.74) is 1.11. The van der Waals surface area contributed by atoms with Crippen molar-refractivity contribution < 1.29 is 78.0 Å². The number of nitrogens with zero attached hydrogens (tertiary/aromatic N) is 1. The first-order valence-electron chi connectivity index (χ1n) is 3.78. The van der Waals surface area contributed by atoms with E-state index in [9.17, 15) is 14.4 Å². The van der Waals surface area contributed by atoms with E-state index in [1.54, 1.807) is 24.3 Å². The predicted molar refractivity (Wildman–Crippen MR) is 44.9 cm³/mol. The van der Waals surface area contributed by atoms with E-state index < -0.39 is 7.82 Å². The minimum Gasteiger partial charge on any atom is -0.780 e. The first-order chi connectivity index (χ1) is 6.56. The molecule has 1 aliphatic heterocycles. The number of fused-ring (bicyclic) bond motifs is 1. The maximum Gasteiger partial charge on any atom is 1.00 e. The van der Waals surface area contributed by atoms with Crippen LogP contribution in [0.15, 0.2) is 30.5 Å². The van der Waals surface area contributed by atoms with Crippen LogP contribution in [0.1, 0.15) is 5.56 Å². The second kappa shape index (κ2) is 6.59. The van der Waals surface area contributed by atoms with Gasteiger partial charge in [-0.2, -0.15) is 0 Å². The molecule has 0 atom stereocenters. The molecule has 0 spiro atoms. The van der Waals surface area contributed by atoms with Gasteiger partial charge in [0.15, 0.2) is 5.76 Å². The van der Waals surface area contributed by atoms with Gasteiger partial charge in [-0.1, -0.05) is 12.1 Å². The molecule has 2 rings (SSSR count). The van der Waals surface area contributed by atoms with Crippen LogP contribution in [0.5, 0.6) is 0 Å². The Bertz CT molecular complexity index is 445. The molecule has 5 nitrogen and oxygen atoms in total. The van der Waals surface area contributed by atoms with Crippen molar-refractivity contribution in [3.63, 3.8) is 0 Å². The number of hydrogen-bond acceptors (Lipinski definition) is 4. The van der Waals surface area contributed by atoms with Gasteiger partial charge in [0.25, 0.3) is 0 Å². The minimum atomic E-state index is -5.00. The number of phosphoric acid groups is 1. The molecule has 0 amide bonds. The van der Waals surface area contributed by atoms with Crippen LogP contribution in [-0.4, -0.2) is 0 Å². The van der Waals surface area contributed by atoms with E-state index in [0.717, 1.165) is 0 Å². The zero-order valence-corrected chi connectivity index (χ0v) is 13.8. The van der Waals surface area contributed by atoms with Crippen LogP contribution in [0, 0.1) is 0 Å². The van der Waals surface area contributed by atoms with Crippen LogP contribution in [0.2, 0.25) is 0 Å². The fraction of sp³-hybridized carbons (Fsp3) is 0. The monoisotopic (exact) mass is 256 g/mol. The second-order valence-corrected chi connectivity index (χ2v) is 3.76. The Morgan fingerprint density at radius 2 is 1.81 bits per heavy atom. The third-order valence-electron chi connectivity index (χ3n) is 1.70. The summed E-state index contributed by atoms with van der Waals surface area (Å²) in [5.74, 6) is -0.0195. The van der Waals surface area contributed by atoms with Crippen LogP contribution < -0.4 is 74.2 Å². The predicted octanol–water partition coefficient (Wildman–Crippen LogP) is -5.91. The summed E-state index contributed by atoms with van der Waals surface area (Å²) in [6.07, 6.45) is 1.22. The molecular weight excluding hydrogens is 251 g/mol. The zero-order chi connectivity index (χ0) is 10.2. The van der Waals surface area contributed by atoms with Gasteiger partial charge in [-0.3, -0.25) is 5.32 Å². The SMILES string of the molecule is O=P([O-])([O-])OC1=C[N]c2ccccc21.[Na+].[Na+]. The van der Waals surface area contributed by atoms with Crippen LogP contribution >= 0.6 is 7.82 Å². The van der Waals surface area contributed by atoms with E-state index in [2.05, 4.69) is 9.84 Å². The molecule has 1 aromatic carbocycles. The van der Waals surface area contributed by atoms with Crippen molar-refractivity contribution >= 4 is 19.3 Å². The molecule has 73 valence electrons. The number of rotatable bonds is 2. The fourth-order valence-electron chi connectivity index (χ4n) is 1.19. The van der Waals surface area contributed by atoms with Crippen LogP contribution in [0.3, 0.4) is 0 Å².